The molecule has 1 aromatic heterocycles. The molecule has 25 heavy (non-hydrogen) atoms. The quantitative estimate of drug-likeness (QED) is 0.359. The van der Waals surface area contributed by atoms with Gasteiger partial charge in [-0.15, -0.1) is 11.3 Å². The van der Waals surface area contributed by atoms with E-state index in [4.69, 9.17) is 18.0 Å². The lowest BCUT2D eigenvalue weighted by Gasteiger charge is -2.05. The number of hydrazone groups is 1. The van der Waals surface area contributed by atoms with Gasteiger partial charge in [0.25, 0.3) is 0 Å². The summed E-state index contributed by atoms with van der Waals surface area (Å²) in [4.78, 5) is 4.63. The molecule has 0 aliphatic rings. The molecule has 0 radical (unpaired) electrons. The van der Waals surface area contributed by atoms with Gasteiger partial charge in [0.1, 0.15) is 0 Å². The summed E-state index contributed by atoms with van der Waals surface area (Å²) in [5.74, 6) is 0. The Bertz CT molecular complexity index is 885. The highest BCUT2D eigenvalue weighted by molar-refractivity contribution is 7.80. The van der Waals surface area contributed by atoms with Gasteiger partial charge in [-0.1, -0.05) is 42.5 Å². The molecular weight excluding hydrogens is 350 g/mol. The molecule has 5 nitrogen and oxygen atoms in total. The molecule has 0 aliphatic heterocycles. The van der Waals surface area contributed by atoms with Crippen LogP contribution >= 0.6 is 23.6 Å². The van der Waals surface area contributed by atoms with Gasteiger partial charge in [0, 0.05) is 16.6 Å². The second-order valence-corrected chi connectivity index (χ2v) is 6.58. The van der Waals surface area contributed by atoms with E-state index in [0.29, 0.717) is 0 Å². The molecule has 7 heteroatoms. The first-order valence-electron chi connectivity index (χ1n) is 7.60. The number of thiocarbonyl (C=S) groups is 1. The maximum Gasteiger partial charge on any atom is 0.187 e. The summed E-state index contributed by atoms with van der Waals surface area (Å²) in [5, 5.41) is 10.5. The van der Waals surface area contributed by atoms with E-state index in [9.17, 15) is 0 Å². The van der Waals surface area contributed by atoms with Gasteiger partial charge in [0.2, 0.25) is 0 Å². The summed E-state index contributed by atoms with van der Waals surface area (Å²) >= 11 is 6.32. The maximum atomic E-state index is 5.37. The minimum atomic E-state index is 0.149. The number of nitrogens with one attached hydrogen (secondary N) is 2. The van der Waals surface area contributed by atoms with Crippen molar-refractivity contribution in [3.63, 3.8) is 0 Å². The van der Waals surface area contributed by atoms with Crippen LogP contribution in [-0.4, -0.2) is 15.8 Å². The molecule has 126 valence electrons. The predicted molar refractivity (Wildman–Crippen MR) is 109 cm³/mol. The smallest absolute Gasteiger partial charge is 0.187 e. The van der Waals surface area contributed by atoms with Crippen LogP contribution in [0.15, 0.2) is 65.1 Å². The molecule has 0 fully saturated rings. The van der Waals surface area contributed by atoms with Gasteiger partial charge in [0.05, 0.1) is 11.4 Å². The van der Waals surface area contributed by atoms with Crippen LogP contribution in [0.25, 0.3) is 11.3 Å². The first-order valence-corrected chi connectivity index (χ1v) is 8.89. The average molecular weight is 368 g/mol. The van der Waals surface area contributed by atoms with Crippen LogP contribution in [0.3, 0.4) is 0 Å². The van der Waals surface area contributed by atoms with Gasteiger partial charge in [0.15, 0.2) is 10.2 Å². The van der Waals surface area contributed by atoms with Crippen LogP contribution in [0.1, 0.15) is 12.5 Å². The number of benzene rings is 2. The third kappa shape index (κ3) is 4.62. The third-order valence-electron chi connectivity index (χ3n) is 3.46. The molecule has 1 heterocycles. The van der Waals surface area contributed by atoms with Crippen LogP contribution in [0.4, 0.5) is 10.8 Å². The number of nitrogens with two attached hydrogens (primary N) is 1. The van der Waals surface area contributed by atoms with Crippen LogP contribution in [0.2, 0.25) is 0 Å². The molecule has 0 spiro atoms. The van der Waals surface area contributed by atoms with Crippen LogP contribution < -0.4 is 16.5 Å². The summed E-state index contributed by atoms with van der Waals surface area (Å²) < 4.78 is 0. The zero-order chi connectivity index (χ0) is 17.6. The second-order valence-electron chi connectivity index (χ2n) is 5.28. The number of rotatable bonds is 5. The van der Waals surface area contributed by atoms with Crippen LogP contribution in [0, 0.1) is 0 Å². The number of thiazole rings is 1. The zero-order valence-electron chi connectivity index (χ0n) is 13.6. The van der Waals surface area contributed by atoms with E-state index in [0.717, 1.165) is 33.4 Å². The standard InChI is InChI=1S/C18H17N5S2/c1-12(22-23-17(19)24)13-7-9-15(10-8-13)20-18-21-16(11-25-18)14-5-3-2-4-6-14/h2-11H,1H3,(H,20,21)(H3,19,23,24)/b22-12+. The Morgan fingerprint density at radius 1 is 1.12 bits per heavy atom. The first-order chi connectivity index (χ1) is 12.1. The van der Waals surface area contributed by atoms with Gasteiger partial charge in [-0.05, 0) is 36.8 Å². The highest BCUT2D eigenvalue weighted by atomic mass is 32.1. The van der Waals surface area contributed by atoms with E-state index in [1.165, 1.54) is 0 Å². The molecule has 3 aromatic rings. The van der Waals surface area contributed by atoms with Gasteiger partial charge >= 0.3 is 0 Å². The van der Waals surface area contributed by atoms with Crippen molar-refractivity contribution in [2.75, 3.05) is 5.32 Å². The maximum absolute atomic E-state index is 5.37. The Kier molecular flexibility index (Phi) is 5.37. The van der Waals surface area contributed by atoms with Crippen molar-refractivity contribution in [3.8, 4) is 11.3 Å². The molecule has 2 aromatic carbocycles. The van der Waals surface area contributed by atoms with E-state index in [1.807, 2.05) is 54.8 Å². The van der Waals surface area contributed by atoms with Crippen LogP contribution in [0.5, 0.6) is 0 Å². The topological polar surface area (TPSA) is 75.3 Å². The number of aromatic nitrogens is 1. The van der Waals surface area contributed by atoms with E-state index >= 15 is 0 Å². The van der Waals surface area contributed by atoms with Crippen molar-refractivity contribution in [1.82, 2.24) is 10.4 Å². The molecule has 0 atom stereocenters. The number of anilines is 2. The van der Waals surface area contributed by atoms with Crippen molar-refractivity contribution >= 4 is 45.2 Å². The van der Waals surface area contributed by atoms with Gasteiger partial charge in [-0.3, -0.25) is 5.43 Å². The molecule has 4 N–H and O–H groups in total. The van der Waals surface area contributed by atoms with E-state index in [2.05, 4.69) is 33.0 Å². The Morgan fingerprint density at radius 2 is 1.84 bits per heavy atom. The van der Waals surface area contributed by atoms with Crippen molar-refractivity contribution in [3.05, 3.63) is 65.5 Å². The molecule has 0 bridgehead atoms. The number of hydrogen-bond donors (Lipinski definition) is 3. The third-order valence-corrected chi connectivity index (χ3v) is 4.31. The van der Waals surface area contributed by atoms with Crippen molar-refractivity contribution in [1.29, 1.82) is 0 Å². The fraction of sp³-hybridized carbons (Fsp3) is 0.0556. The number of nitrogens with zero attached hydrogens (tertiary/aromatic N) is 2. The van der Waals surface area contributed by atoms with Crippen molar-refractivity contribution in [2.24, 2.45) is 10.8 Å². The molecule has 0 amide bonds. The lowest BCUT2D eigenvalue weighted by Crippen LogP contribution is -2.25. The molecule has 3 rings (SSSR count). The van der Waals surface area contributed by atoms with Crippen LogP contribution in [-0.2, 0) is 0 Å². The van der Waals surface area contributed by atoms with E-state index in [1.54, 1.807) is 11.3 Å². The van der Waals surface area contributed by atoms with Crippen molar-refractivity contribution in [2.45, 2.75) is 6.92 Å². The predicted octanol–water partition coefficient (Wildman–Crippen LogP) is 4.11. The molecule has 0 unspecified atom stereocenters. The summed E-state index contributed by atoms with van der Waals surface area (Å²) in [5.41, 5.74) is 12.8. The molecular formula is C18H17N5S2. The largest absolute Gasteiger partial charge is 0.375 e. The summed E-state index contributed by atoms with van der Waals surface area (Å²) in [6.45, 7) is 1.89. The lowest BCUT2D eigenvalue weighted by molar-refractivity contribution is 1.03. The molecule has 0 saturated heterocycles. The fourth-order valence-electron chi connectivity index (χ4n) is 2.19. The molecule has 0 saturated carbocycles. The second kappa shape index (κ2) is 7.87. The molecule has 0 aliphatic carbocycles. The van der Waals surface area contributed by atoms with Gasteiger partial charge in [-0.25, -0.2) is 4.98 Å². The first kappa shape index (κ1) is 17.1. The average Bonchev–Trinajstić information content (AvgIpc) is 3.09. The van der Waals surface area contributed by atoms with E-state index < -0.39 is 0 Å². The summed E-state index contributed by atoms with van der Waals surface area (Å²) in [6.07, 6.45) is 0. The zero-order valence-corrected chi connectivity index (χ0v) is 15.2. The van der Waals surface area contributed by atoms with Gasteiger partial charge < -0.3 is 11.1 Å². The Balaban J connectivity index is 1.69. The van der Waals surface area contributed by atoms with Gasteiger partial charge in [-0.2, -0.15) is 5.10 Å². The SMILES string of the molecule is C/C(=N\NC(N)=S)c1ccc(Nc2nc(-c3ccccc3)cs2)cc1. The van der Waals surface area contributed by atoms with E-state index in [-0.39, 0.29) is 5.11 Å². The fourth-order valence-corrected chi connectivity index (χ4v) is 2.98. The number of hydrogen-bond acceptors (Lipinski definition) is 5. The Morgan fingerprint density at radius 3 is 2.52 bits per heavy atom. The summed E-state index contributed by atoms with van der Waals surface area (Å²) in [6, 6.07) is 18.1. The highest BCUT2D eigenvalue weighted by Crippen LogP contribution is 2.27. The Hall–Kier alpha value is -2.77. The monoisotopic (exact) mass is 367 g/mol. The minimum absolute atomic E-state index is 0.149. The van der Waals surface area contributed by atoms with Crippen molar-refractivity contribution < 1.29 is 0 Å². The minimum Gasteiger partial charge on any atom is -0.375 e. The summed E-state index contributed by atoms with van der Waals surface area (Å²) in [7, 11) is 0. The normalized spacial score (nSPS) is 11.2. The highest BCUT2D eigenvalue weighted by Gasteiger charge is 2.05. The lowest BCUT2D eigenvalue weighted by atomic mass is 10.1. The Labute approximate surface area is 155 Å².